The van der Waals surface area contributed by atoms with Gasteiger partial charge in [-0.3, -0.25) is 0 Å². The number of benzene rings is 1. The summed E-state index contributed by atoms with van der Waals surface area (Å²) in [6.07, 6.45) is 0. The molecule has 0 saturated heterocycles. The number of halogens is 3. The summed E-state index contributed by atoms with van der Waals surface area (Å²) in [4.78, 5) is 1.06. The van der Waals surface area contributed by atoms with Crippen molar-refractivity contribution >= 4 is 48.9 Å². The topological polar surface area (TPSA) is 35.2 Å². The maximum Gasteiger partial charge on any atom is 0.157 e. The van der Waals surface area contributed by atoms with Gasteiger partial charge in [-0.1, -0.05) is 0 Å². The van der Waals surface area contributed by atoms with Gasteiger partial charge in [-0.25, -0.2) is 4.39 Å². The highest BCUT2D eigenvalue weighted by molar-refractivity contribution is 9.10. The first kappa shape index (κ1) is 12.9. The predicted molar refractivity (Wildman–Crippen MR) is 74.9 cm³/mol. The molecule has 0 unspecified atom stereocenters. The van der Waals surface area contributed by atoms with E-state index in [9.17, 15) is 4.39 Å². The summed E-state index contributed by atoms with van der Waals surface area (Å²) in [5.74, 6) is 0.0747. The van der Waals surface area contributed by atoms with Crippen molar-refractivity contribution in [1.29, 1.82) is 0 Å². The number of hydrogen-bond acceptors (Lipinski definition) is 3. The molecule has 0 fully saturated rings. The summed E-state index contributed by atoms with van der Waals surface area (Å²) in [5, 5.41) is 1.96. The largest absolute Gasteiger partial charge is 0.485 e. The molecule has 2 rings (SSSR count). The van der Waals surface area contributed by atoms with Crippen LogP contribution in [-0.2, 0) is 6.61 Å². The number of nitrogen functional groups attached to an aromatic ring is 1. The van der Waals surface area contributed by atoms with Crippen LogP contribution < -0.4 is 10.5 Å². The predicted octanol–water partition coefficient (Wildman–Crippen LogP) is 4.57. The Labute approximate surface area is 119 Å². The van der Waals surface area contributed by atoms with E-state index >= 15 is 0 Å². The van der Waals surface area contributed by atoms with Crippen molar-refractivity contribution in [2.24, 2.45) is 0 Å². The third-order valence-corrected chi connectivity index (χ3v) is 4.56. The minimum Gasteiger partial charge on any atom is -0.485 e. The van der Waals surface area contributed by atoms with Gasteiger partial charge >= 0.3 is 0 Å². The van der Waals surface area contributed by atoms with Gasteiger partial charge in [0, 0.05) is 10.5 Å². The second-order valence-electron chi connectivity index (χ2n) is 3.29. The van der Waals surface area contributed by atoms with Crippen LogP contribution in [0.4, 0.5) is 10.1 Å². The third-order valence-electron chi connectivity index (χ3n) is 2.08. The summed E-state index contributed by atoms with van der Waals surface area (Å²) < 4.78 is 20.1. The molecule has 2 N–H and O–H groups in total. The lowest BCUT2D eigenvalue weighted by Gasteiger charge is -2.10. The van der Waals surface area contributed by atoms with E-state index in [4.69, 9.17) is 10.5 Å². The molecular formula is C11H8Br2FNOS. The van der Waals surface area contributed by atoms with Crippen molar-refractivity contribution in [2.45, 2.75) is 6.61 Å². The first-order chi connectivity index (χ1) is 8.08. The van der Waals surface area contributed by atoms with Crippen molar-refractivity contribution in [3.8, 4) is 5.75 Å². The highest BCUT2D eigenvalue weighted by Gasteiger charge is 2.10. The number of ether oxygens (including phenoxy) is 1. The smallest absolute Gasteiger partial charge is 0.157 e. The fourth-order valence-corrected chi connectivity index (χ4v) is 3.24. The number of hydrogen-bond donors (Lipinski definition) is 1. The SMILES string of the molecule is Nc1cc(F)cc(Br)c1OCc1sccc1Br. The van der Waals surface area contributed by atoms with E-state index in [0.717, 1.165) is 9.35 Å². The van der Waals surface area contributed by atoms with Crippen molar-refractivity contribution in [2.75, 3.05) is 5.73 Å². The van der Waals surface area contributed by atoms with Crippen LogP contribution in [0.5, 0.6) is 5.75 Å². The zero-order valence-electron chi connectivity index (χ0n) is 8.54. The van der Waals surface area contributed by atoms with Gasteiger partial charge in [-0.2, -0.15) is 0 Å². The molecule has 1 aromatic heterocycles. The Morgan fingerprint density at radius 2 is 2.06 bits per heavy atom. The van der Waals surface area contributed by atoms with Crippen LogP contribution in [0.15, 0.2) is 32.5 Å². The molecule has 0 spiro atoms. The Kier molecular flexibility index (Phi) is 4.06. The van der Waals surface area contributed by atoms with Crippen LogP contribution in [0.25, 0.3) is 0 Å². The Morgan fingerprint density at radius 3 is 2.65 bits per heavy atom. The summed E-state index contributed by atoms with van der Waals surface area (Å²) in [5.41, 5.74) is 5.98. The molecular weight excluding hydrogens is 373 g/mol. The minimum atomic E-state index is -0.390. The molecule has 2 aromatic rings. The van der Waals surface area contributed by atoms with E-state index in [1.807, 2.05) is 11.4 Å². The zero-order valence-corrected chi connectivity index (χ0v) is 12.5. The van der Waals surface area contributed by atoms with Gasteiger partial charge in [0.25, 0.3) is 0 Å². The molecule has 0 aliphatic carbocycles. The van der Waals surface area contributed by atoms with Crippen molar-refractivity contribution in [3.63, 3.8) is 0 Å². The van der Waals surface area contributed by atoms with Crippen LogP contribution in [0.3, 0.4) is 0 Å². The normalized spacial score (nSPS) is 10.5. The van der Waals surface area contributed by atoms with Crippen molar-refractivity contribution in [3.05, 3.63) is 43.2 Å². The molecule has 6 heteroatoms. The fourth-order valence-electron chi connectivity index (χ4n) is 1.30. The lowest BCUT2D eigenvalue weighted by atomic mass is 10.3. The fraction of sp³-hybridized carbons (Fsp3) is 0.0909. The maximum atomic E-state index is 13.0. The molecule has 0 radical (unpaired) electrons. The number of thiophene rings is 1. The summed E-state index contributed by atoms with van der Waals surface area (Å²) in [6.45, 7) is 0.396. The third kappa shape index (κ3) is 3.00. The second-order valence-corrected chi connectivity index (χ2v) is 6.00. The van der Waals surface area contributed by atoms with Gasteiger partial charge in [0.05, 0.1) is 15.0 Å². The Morgan fingerprint density at radius 1 is 1.29 bits per heavy atom. The van der Waals surface area contributed by atoms with Gasteiger partial charge in [-0.05, 0) is 49.4 Å². The summed E-state index contributed by atoms with van der Waals surface area (Å²) >= 11 is 8.22. The van der Waals surface area contributed by atoms with E-state index in [1.165, 1.54) is 12.1 Å². The number of nitrogens with two attached hydrogens (primary N) is 1. The van der Waals surface area contributed by atoms with Crippen LogP contribution in [0.1, 0.15) is 4.88 Å². The molecule has 0 saturated carbocycles. The molecule has 1 heterocycles. The molecule has 0 aliphatic rings. The lowest BCUT2D eigenvalue weighted by Crippen LogP contribution is -1.99. The average Bonchev–Trinajstić information content (AvgIpc) is 2.62. The van der Waals surface area contributed by atoms with Crippen LogP contribution in [0, 0.1) is 5.82 Å². The van der Waals surface area contributed by atoms with Crippen molar-refractivity contribution < 1.29 is 9.13 Å². The molecule has 0 atom stereocenters. The van der Waals surface area contributed by atoms with E-state index in [1.54, 1.807) is 11.3 Å². The quantitative estimate of drug-likeness (QED) is 0.791. The van der Waals surface area contributed by atoms with E-state index in [0.29, 0.717) is 16.8 Å². The Bertz CT molecular complexity index is 521. The summed E-state index contributed by atoms with van der Waals surface area (Å²) in [7, 11) is 0. The molecule has 0 bridgehead atoms. The van der Waals surface area contributed by atoms with Gasteiger partial charge < -0.3 is 10.5 Å². The lowest BCUT2D eigenvalue weighted by molar-refractivity contribution is 0.308. The first-order valence-electron chi connectivity index (χ1n) is 4.67. The van der Waals surface area contributed by atoms with Crippen LogP contribution >= 0.6 is 43.2 Å². The number of anilines is 1. The number of rotatable bonds is 3. The highest BCUT2D eigenvalue weighted by Crippen LogP contribution is 2.34. The average molecular weight is 381 g/mol. The standard InChI is InChI=1S/C11H8Br2FNOS/c12-7-1-2-17-10(7)5-16-11-8(13)3-6(14)4-9(11)15/h1-4H,5,15H2. The molecule has 17 heavy (non-hydrogen) atoms. The molecule has 1 aromatic carbocycles. The van der Waals surface area contributed by atoms with E-state index in [-0.39, 0.29) is 11.5 Å². The molecule has 0 amide bonds. The Balaban J connectivity index is 2.17. The minimum absolute atomic E-state index is 0.282. The summed E-state index contributed by atoms with van der Waals surface area (Å²) in [6, 6.07) is 4.52. The van der Waals surface area contributed by atoms with Crippen LogP contribution in [0.2, 0.25) is 0 Å². The zero-order chi connectivity index (χ0) is 12.4. The van der Waals surface area contributed by atoms with E-state index in [2.05, 4.69) is 31.9 Å². The van der Waals surface area contributed by atoms with Gasteiger partial charge in [-0.15, -0.1) is 11.3 Å². The second kappa shape index (κ2) is 5.37. The van der Waals surface area contributed by atoms with Gasteiger partial charge in [0.15, 0.2) is 5.75 Å². The van der Waals surface area contributed by atoms with Gasteiger partial charge in [0.2, 0.25) is 0 Å². The van der Waals surface area contributed by atoms with Crippen molar-refractivity contribution in [1.82, 2.24) is 0 Å². The van der Waals surface area contributed by atoms with Crippen LogP contribution in [-0.4, -0.2) is 0 Å². The molecule has 0 aliphatic heterocycles. The Hall–Kier alpha value is -0.590. The van der Waals surface area contributed by atoms with Gasteiger partial charge in [0.1, 0.15) is 12.4 Å². The van der Waals surface area contributed by atoms with E-state index < -0.39 is 0 Å². The highest BCUT2D eigenvalue weighted by atomic mass is 79.9. The first-order valence-corrected chi connectivity index (χ1v) is 7.13. The monoisotopic (exact) mass is 379 g/mol. The maximum absolute atomic E-state index is 13.0. The molecule has 90 valence electrons. The molecule has 2 nitrogen and oxygen atoms in total.